The number of carbonyl (C=O) groups excluding carboxylic acids is 2. The second kappa shape index (κ2) is 7.95. The number of likely N-dealkylation sites (tertiary alicyclic amines) is 1. The second-order valence-electron chi connectivity index (χ2n) is 6.42. The zero-order valence-corrected chi connectivity index (χ0v) is 15.7. The predicted molar refractivity (Wildman–Crippen MR) is 96.5 cm³/mol. The van der Waals surface area contributed by atoms with Gasteiger partial charge in [-0.15, -0.1) is 0 Å². The summed E-state index contributed by atoms with van der Waals surface area (Å²) in [7, 11) is 0. The number of anilines is 1. The number of benzene rings is 1. The fourth-order valence-electron chi connectivity index (χ4n) is 2.84. The molecule has 1 aromatic rings. The molecule has 2 rings (SSSR count). The Labute approximate surface area is 147 Å². The van der Waals surface area contributed by atoms with Crippen molar-refractivity contribution in [2.24, 2.45) is 5.92 Å². The lowest BCUT2D eigenvalue weighted by molar-refractivity contribution is -0.132. The molecule has 126 valence electrons. The number of carbonyl (C=O) groups is 2. The van der Waals surface area contributed by atoms with E-state index in [9.17, 15) is 9.59 Å². The fraction of sp³-hybridized carbons (Fsp3) is 0.556. The molecule has 23 heavy (non-hydrogen) atoms. The van der Waals surface area contributed by atoms with E-state index in [2.05, 4.69) is 22.9 Å². The van der Waals surface area contributed by atoms with Crippen LogP contribution in [0, 0.1) is 12.8 Å². The molecule has 1 aliphatic rings. The number of rotatable bonds is 4. The Balaban J connectivity index is 1.98. The minimum atomic E-state index is -0.0409. The van der Waals surface area contributed by atoms with Crippen LogP contribution in [0.4, 0.5) is 5.69 Å². The van der Waals surface area contributed by atoms with Gasteiger partial charge in [-0.2, -0.15) is 0 Å². The van der Waals surface area contributed by atoms with Crippen LogP contribution in [-0.4, -0.2) is 36.3 Å². The number of halogens is 1. The van der Waals surface area contributed by atoms with Crippen molar-refractivity contribution in [1.82, 2.24) is 4.90 Å². The Morgan fingerprint density at radius 2 is 1.96 bits per heavy atom. The largest absolute Gasteiger partial charge is 0.343 e. The van der Waals surface area contributed by atoms with Crippen molar-refractivity contribution in [2.45, 2.75) is 40.0 Å². The highest BCUT2D eigenvalue weighted by Crippen LogP contribution is 2.24. The standard InChI is InChI=1S/C18H25BrN2O2/c1-13-6-9-20(10-7-13)18(23)8-11-21(15(3)22)16-5-4-14(2)17(19)12-16/h4-5,12-13H,6-11H2,1-3H3. The van der Waals surface area contributed by atoms with E-state index in [1.54, 1.807) is 11.8 Å². The summed E-state index contributed by atoms with van der Waals surface area (Å²) < 4.78 is 0.970. The predicted octanol–water partition coefficient (Wildman–Crippen LogP) is 3.76. The highest BCUT2D eigenvalue weighted by molar-refractivity contribution is 9.10. The summed E-state index contributed by atoms with van der Waals surface area (Å²) in [6.07, 6.45) is 2.53. The minimum absolute atomic E-state index is 0.0409. The molecule has 5 heteroatoms. The molecule has 0 atom stereocenters. The van der Waals surface area contributed by atoms with Crippen molar-refractivity contribution < 1.29 is 9.59 Å². The van der Waals surface area contributed by atoms with Crippen LogP contribution in [0.3, 0.4) is 0 Å². The minimum Gasteiger partial charge on any atom is -0.343 e. The summed E-state index contributed by atoms with van der Waals surface area (Å²) in [5.41, 5.74) is 1.95. The third-order valence-electron chi connectivity index (χ3n) is 4.53. The summed E-state index contributed by atoms with van der Waals surface area (Å²) >= 11 is 3.50. The van der Waals surface area contributed by atoms with Crippen molar-refractivity contribution in [2.75, 3.05) is 24.5 Å². The van der Waals surface area contributed by atoms with Gasteiger partial charge in [-0.05, 0) is 43.4 Å². The van der Waals surface area contributed by atoms with Crippen LogP contribution in [-0.2, 0) is 9.59 Å². The molecule has 1 fully saturated rings. The van der Waals surface area contributed by atoms with Gasteiger partial charge in [-0.3, -0.25) is 9.59 Å². The maximum absolute atomic E-state index is 12.4. The van der Waals surface area contributed by atoms with Gasteiger partial charge in [0.15, 0.2) is 0 Å². The molecule has 4 nitrogen and oxygen atoms in total. The van der Waals surface area contributed by atoms with Crippen LogP contribution in [0.25, 0.3) is 0 Å². The van der Waals surface area contributed by atoms with E-state index in [1.165, 1.54) is 0 Å². The maximum Gasteiger partial charge on any atom is 0.224 e. The maximum atomic E-state index is 12.4. The summed E-state index contributed by atoms with van der Waals surface area (Å²) in [6, 6.07) is 5.83. The highest BCUT2D eigenvalue weighted by Gasteiger charge is 2.21. The first-order valence-corrected chi connectivity index (χ1v) is 9.00. The van der Waals surface area contributed by atoms with E-state index < -0.39 is 0 Å². The quantitative estimate of drug-likeness (QED) is 0.797. The van der Waals surface area contributed by atoms with Gasteiger partial charge in [0, 0.05) is 43.1 Å². The topological polar surface area (TPSA) is 40.6 Å². The van der Waals surface area contributed by atoms with Gasteiger partial charge in [-0.1, -0.05) is 28.9 Å². The molecule has 0 unspecified atom stereocenters. The van der Waals surface area contributed by atoms with Gasteiger partial charge in [0.1, 0.15) is 0 Å². The molecule has 0 spiro atoms. The van der Waals surface area contributed by atoms with E-state index >= 15 is 0 Å². The third kappa shape index (κ3) is 4.80. The van der Waals surface area contributed by atoms with Crippen molar-refractivity contribution in [3.8, 4) is 0 Å². The first-order chi connectivity index (χ1) is 10.9. The Bertz CT molecular complexity index is 580. The first-order valence-electron chi connectivity index (χ1n) is 8.20. The summed E-state index contributed by atoms with van der Waals surface area (Å²) in [5, 5.41) is 0. The zero-order valence-electron chi connectivity index (χ0n) is 14.1. The SMILES string of the molecule is CC(=O)N(CCC(=O)N1CCC(C)CC1)c1ccc(C)c(Br)c1. The number of aryl methyl sites for hydroxylation is 1. The van der Waals surface area contributed by atoms with E-state index in [0.29, 0.717) is 18.9 Å². The summed E-state index contributed by atoms with van der Waals surface area (Å²) in [4.78, 5) is 27.9. The van der Waals surface area contributed by atoms with E-state index in [0.717, 1.165) is 41.7 Å². The third-order valence-corrected chi connectivity index (χ3v) is 5.39. The van der Waals surface area contributed by atoms with Crippen LogP contribution in [0.2, 0.25) is 0 Å². The Morgan fingerprint density at radius 1 is 1.30 bits per heavy atom. The molecule has 0 saturated carbocycles. The number of amides is 2. The average molecular weight is 381 g/mol. The molecule has 0 radical (unpaired) electrons. The van der Waals surface area contributed by atoms with E-state index in [1.807, 2.05) is 30.0 Å². The summed E-state index contributed by atoms with van der Waals surface area (Å²) in [6.45, 7) is 7.89. The molecule has 0 bridgehead atoms. The molecule has 0 N–H and O–H groups in total. The van der Waals surface area contributed by atoms with Crippen LogP contribution >= 0.6 is 15.9 Å². The number of nitrogens with zero attached hydrogens (tertiary/aromatic N) is 2. The second-order valence-corrected chi connectivity index (χ2v) is 7.27. The van der Waals surface area contributed by atoms with Gasteiger partial charge in [0.25, 0.3) is 0 Å². The van der Waals surface area contributed by atoms with Gasteiger partial charge in [0.05, 0.1) is 0 Å². The Kier molecular flexibility index (Phi) is 6.22. The van der Waals surface area contributed by atoms with Gasteiger partial charge >= 0.3 is 0 Å². The van der Waals surface area contributed by atoms with Crippen molar-refractivity contribution in [1.29, 1.82) is 0 Å². The average Bonchev–Trinajstić information content (AvgIpc) is 2.51. The monoisotopic (exact) mass is 380 g/mol. The van der Waals surface area contributed by atoms with Crippen LogP contribution in [0.5, 0.6) is 0 Å². The number of hydrogen-bond acceptors (Lipinski definition) is 2. The summed E-state index contributed by atoms with van der Waals surface area (Å²) in [5.74, 6) is 0.813. The molecule has 0 aromatic heterocycles. The van der Waals surface area contributed by atoms with E-state index in [-0.39, 0.29) is 11.8 Å². The van der Waals surface area contributed by atoms with Gasteiger partial charge < -0.3 is 9.80 Å². The van der Waals surface area contributed by atoms with Gasteiger partial charge in [-0.25, -0.2) is 0 Å². The van der Waals surface area contributed by atoms with Gasteiger partial charge in [0.2, 0.25) is 11.8 Å². The molecular formula is C18H25BrN2O2. The molecule has 1 aliphatic heterocycles. The number of piperidine rings is 1. The normalized spacial score (nSPS) is 15.6. The molecule has 1 heterocycles. The molecule has 0 aliphatic carbocycles. The molecule has 1 aromatic carbocycles. The van der Waals surface area contributed by atoms with Crippen molar-refractivity contribution in [3.63, 3.8) is 0 Å². The van der Waals surface area contributed by atoms with Crippen molar-refractivity contribution >= 4 is 33.4 Å². The smallest absolute Gasteiger partial charge is 0.224 e. The Morgan fingerprint density at radius 3 is 2.52 bits per heavy atom. The first kappa shape index (κ1) is 18.0. The van der Waals surface area contributed by atoms with Crippen molar-refractivity contribution in [3.05, 3.63) is 28.2 Å². The van der Waals surface area contributed by atoms with Crippen LogP contribution < -0.4 is 4.90 Å². The lowest BCUT2D eigenvalue weighted by atomic mass is 9.99. The lowest BCUT2D eigenvalue weighted by Gasteiger charge is -2.31. The van der Waals surface area contributed by atoms with Crippen LogP contribution in [0.15, 0.2) is 22.7 Å². The molecule has 1 saturated heterocycles. The lowest BCUT2D eigenvalue weighted by Crippen LogP contribution is -2.40. The number of hydrogen-bond donors (Lipinski definition) is 0. The van der Waals surface area contributed by atoms with Crippen LogP contribution in [0.1, 0.15) is 38.7 Å². The highest BCUT2D eigenvalue weighted by atomic mass is 79.9. The molecular weight excluding hydrogens is 356 g/mol. The molecule has 2 amide bonds. The zero-order chi connectivity index (χ0) is 17.0. The van der Waals surface area contributed by atoms with E-state index in [4.69, 9.17) is 0 Å². The fourth-order valence-corrected chi connectivity index (χ4v) is 3.21. The Hall–Kier alpha value is -1.36.